The number of hydrogen-bond acceptors (Lipinski definition) is 15. The monoisotopic (exact) mass is 1200 g/mol. The molecule has 3 aromatic heterocycles. The van der Waals surface area contributed by atoms with Crippen molar-refractivity contribution < 1.29 is 38.9 Å². The standard InChI is InChI=1S/C65H71N9O8S3/c1-39(42-19-21-44(22-20-42)55-40(2)66-38-83-55)67-59(78)51-33-46(75)34-74(51)60(79)56(64(3,4)5)70-57(76)45-25-28-65(29-26-45)36-72(37-65)30-9-11-41-17-23-47(24-18-41)82-32-10-16-53-54(61(80)81)69-63(85-53)73-31-27-43-12-8-13-48(49(43)35-73)58(77)71-62-68-50-14-6-7-15-52(50)84-62/h6-8,12-15,17-24,38-39,45-46,51,56,75H,10,16,25-37H2,1-5H3,(H,67,78)(H,70,76)(H,80,81)(H,68,71,77)/t39-,46+,51-,56+/m0/s1. The first-order chi connectivity index (χ1) is 40.9. The van der Waals surface area contributed by atoms with Crippen LogP contribution in [0.5, 0.6) is 5.75 Å². The maximum Gasteiger partial charge on any atom is 0.355 e. The summed E-state index contributed by atoms with van der Waals surface area (Å²) in [6, 6.07) is 27.1. The quantitative estimate of drug-likeness (QED) is 0.0424. The number of aryl methyl sites for hydroxylation is 2. The van der Waals surface area contributed by atoms with Gasteiger partial charge in [-0.2, -0.15) is 0 Å². The number of fused-ring (bicyclic) bond motifs is 2. The molecular formula is C65H71N9O8S3. The first kappa shape index (κ1) is 59.2. The van der Waals surface area contributed by atoms with E-state index in [1.165, 1.54) is 27.6 Å². The van der Waals surface area contributed by atoms with Crippen LogP contribution in [-0.4, -0.2) is 122 Å². The van der Waals surface area contributed by atoms with E-state index in [2.05, 4.69) is 52.5 Å². The number of nitrogens with zero attached hydrogens (tertiary/aromatic N) is 6. The zero-order valence-electron chi connectivity index (χ0n) is 48.5. The number of hydrogen-bond donors (Lipinski definition) is 5. The molecule has 6 heterocycles. The average Bonchev–Trinajstić information content (AvgIpc) is 2.59. The third-order valence-electron chi connectivity index (χ3n) is 17.0. The number of benzene rings is 4. The molecule has 11 rings (SSSR count). The van der Waals surface area contributed by atoms with E-state index in [0.717, 1.165) is 87.4 Å². The Morgan fingerprint density at radius 1 is 0.906 bits per heavy atom. The minimum absolute atomic E-state index is 0.0160. The number of carbonyl (C=O) groups excluding carboxylic acids is 4. The number of aliphatic hydroxyl groups excluding tert-OH is 1. The number of anilines is 2. The number of aromatic carboxylic acids is 1. The van der Waals surface area contributed by atoms with Gasteiger partial charge in [0.2, 0.25) is 17.7 Å². The molecule has 1 saturated carbocycles. The normalized spacial score (nSPS) is 18.4. The second kappa shape index (κ2) is 25.2. The van der Waals surface area contributed by atoms with E-state index in [4.69, 9.17) is 4.74 Å². The largest absolute Gasteiger partial charge is 0.494 e. The third kappa shape index (κ3) is 13.5. The smallest absolute Gasteiger partial charge is 0.355 e. The van der Waals surface area contributed by atoms with Gasteiger partial charge in [0.25, 0.3) is 5.91 Å². The molecule has 3 aliphatic heterocycles. The molecule has 4 aliphatic rings. The average molecular weight is 1200 g/mol. The van der Waals surface area contributed by atoms with Crippen LogP contribution in [0, 0.1) is 35.5 Å². The Morgan fingerprint density at radius 3 is 2.39 bits per heavy atom. The lowest BCUT2D eigenvalue weighted by molar-refractivity contribution is -0.145. The lowest BCUT2D eigenvalue weighted by atomic mass is 9.65. The number of ether oxygens (including phenoxy) is 1. The van der Waals surface area contributed by atoms with Crippen LogP contribution in [0.15, 0.2) is 96.5 Å². The molecule has 85 heavy (non-hydrogen) atoms. The van der Waals surface area contributed by atoms with Crippen molar-refractivity contribution in [1.82, 2.24) is 35.4 Å². The van der Waals surface area contributed by atoms with Gasteiger partial charge in [-0.15, -0.1) is 22.7 Å². The number of nitrogens with one attached hydrogen (secondary N) is 3. The number of carboxylic acids is 1. The molecule has 0 radical (unpaired) electrons. The molecule has 1 aliphatic carbocycles. The molecule has 1 spiro atoms. The fourth-order valence-electron chi connectivity index (χ4n) is 12.3. The van der Waals surface area contributed by atoms with Gasteiger partial charge in [-0.1, -0.05) is 92.5 Å². The molecule has 5 N–H and O–H groups in total. The number of carboxylic acid groups (broad SMARTS) is 1. The van der Waals surface area contributed by atoms with E-state index in [1.807, 2.05) is 131 Å². The Hall–Kier alpha value is -7.54. The Kier molecular flexibility index (Phi) is 17.5. The maximum absolute atomic E-state index is 14.4. The van der Waals surface area contributed by atoms with Crippen molar-refractivity contribution in [3.05, 3.63) is 141 Å². The van der Waals surface area contributed by atoms with E-state index in [-0.39, 0.29) is 59.7 Å². The summed E-state index contributed by atoms with van der Waals surface area (Å²) < 4.78 is 7.07. The predicted molar refractivity (Wildman–Crippen MR) is 332 cm³/mol. The molecule has 20 heteroatoms. The summed E-state index contributed by atoms with van der Waals surface area (Å²) in [5, 5.41) is 31.3. The number of amides is 4. The Labute approximate surface area is 507 Å². The fraction of sp³-hybridized carbons (Fsp3) is 0.415. The molecule has 0 bridgehead atoms. The number of likely N-dealkylation sites (tertiary alicyclic amines) is 2. The van der Waals surface area contributed by atoms with E-state index >= 15 is 0 Å². The lowest BCUT2D eigenvalue weighted by Gasteiger charge is -2.53. The van der Waals surface area contributed by atoms with Gasteiger partial charge in [-0.25, -0.2) is 19.7 Å². The van der Waals surface area contributed by atoms with Crippen molar-refractivity contribution in [3.8, 4) is 28.0 Å². The minimum atomic E-state index is -1.07. The van der Waals surface area contributed by atoms with Crippen LogP contribution in [0.1, 0.15) is 126 Å². The molecule has 17 nitrogen and oxygen atoms in total. The molecule has 2 saturated heterocycles. The summed E-state index contributed by atoms with van der Waals surface area (Å²) in [7, 11) is 0. The number of β-amino-alcohol motifs (C(OH)–C–C–N with tert-alkyl or cyclic N) is 1. The van der Waals surface area contributed by atoms with Crippen molar-refractivity contribution >= 4 is 84.1 Å². The van der Waals surface area contributed by atoms with Crippen LogP contribution >= 0.6 is 34.0 Å². The lowest BCUT2D eigenvalue weighted by Crippen LogP contribution is -2.60. The highest BCUT2D eigenvalue weighted by Crippen LogP contribution is 2.46. The topological polar surface area (TPSA) is 220 Å². The minimum Gasteiger partial charge on any atom is -0.494 e. The number of aliphatic hydroxyl groups is 1. The first-order valence-electron chi connectivity index (χ1n) is 29.2. The number of rotatable bonds is 17. The SMILES string of the molecule is Cc1ncsc1-c1ccc([C@H](C)NC(=O)[C@@H]2C[C@@H](O)CN2C(=O)[C@@H](NC(=O)C2CCC3(CC2)CN(CC#Cc2ccc(OCCCc4sc(N5CCc6cccc(C(=O)Nc7nc8ccccc8s7)c6C5)nc4C(=O)O)cc2)C3)C(C)(C)C)cc1. The Bertz CT molecular complexity index is 3640. The zero-order valence-corrected chi connectivity index (χ0v) is 50.9. The van der Waals surface area contributed by atoms with E-state index < -0.39 is 29.6 Å². The summed E-state index contributed by atoms with van der Waals surface area (Å²) in [5.74, 6) is 4.94. The zero-order chi connectivity index (χ0) is 59.6. The van der Waals surface area contributed by atoms with Gasteiger partial charge in [-0.3, -0.25) is 29.4 Å². The highest BCUT2D eigenvalue weighted by Gasteiger charge is 2.48. The van der Waals surface area contributed by atoms with Gasteiger partial charge in [0.05, 0.1) is 51.6 Å². The number of carbonyl (C=O) groups is 5. The maximum atomic E-state index is 14.4. The molecule has 4 amide bonds. The Balaban J connectivity index is 0.606. The van der Waals surface area contributed by atoms with Crippen LogP contribution in [0.3, 0.4) is 0 Å². The van der Waals surface area contributed by atoms with Gasteiger partial charge >= 0.3 is 5.97 Å². The van der Waals surface area contributed by atoms with Crippen LogP contribution in [0.2, 0.25) is 0 Å². The molecule has 442 valence electrons. The van der Waals surface area contributed by atoms with Gasteiger partial charge in [0.15, 0.2) is 16.0 Å². The summed E-state index contributed by atoms with van der Waals surface area (Å²) in [6.07, 6.45) is 4.30. The second-order valence-corrected chi connectivity index (χ2v) is 27.1. The summed E-state index contributed by atoms with van der Waals surface area (Å²) in [6.45, 7) is 13.6. The van der Waals surface area contributed by atoms with Gasteiger partial charge in [0.1, 0.15) is 17.8 Å². The number of para-hydroxylation sites is 1. The second-order valence-electron chi connectivity index (χ2n) is 24.1. The van der Waals surface area contributed by atoms with Crippen LogP contribution in [0.4, 0.5) is 10.3 Å². The van der Waals surface area contributed by atoms with Crippen molar-refractivity contribution in [2.45, 2.75) is 117 Å². The molecule has 7 aromatic rings. The third-order valence-corrected chi connectivity index (χ3v) is 20.1. The van der Waals surface area contributed by atoms with E-state index in [0.29, 0.717) is 72.0 Å². The number of thiazole rings is 3. The fourth-order valence-corrected chi connectivity index (χ4v) is 15.1. The highest BCUT2D eigenvalue weighted by atomic mass is 32.1. The predicted octanol–water partition coefficient (Wildman–Crippen LogP) is 9.92. The van der Waals surface area contributed by atoms with Crippen molar-refractivity contribution in [3.63, 3.8) is 0 Å². The molecule has 3 fully saturated rings. The molecular weight excluding hydrogens is 1130 g/mol. The first-order valence-corrected chi connectivity index (χ1v) is 31.7. The highest BCUT2D eigenvalue weighted by molar-refractivity contribution is 7.22. The van der Waals surface area contributed by atoms with Crippen LogP contribution in [0.25, 0.3) is 20.7 Å². The van der Waals surface area contributed by atoms with Gasteiger partial charge in [0, 0.05) is 61.1 Å². The molecule has 0 unspecified atom stereocenters. The van der Waals surface area contributed by atoms with Crippen molar-refractivity contribution in [2.75, 3.05) is 49.5 Å². The van der Waals surface area contributed by atoms with Crippen molar-refractivity contribution in [1.29, 1.82) is 0 Å². The summed E-state index contributed by atoms with van der Waals surface area (Å²) in [4.78, 5) is 89.3. The molecule has 4 atom stereocenters. The van der Waals surface area contributed by atoms with Crippen LogP contribution in [-0.2, 0) is 33.8 Å². The van der Waals surface area contributed by atoms with Gasteiger partial charge < -0.3 is 35.4 Å². The van der Waals surface area contributed by atoms with Crippen molar-refractivity contribution in [2.24, 2.45) is 16.7 Å². The molecule has 4 aromatic carbocycles. The van der Waals surface area contributed by atoms with Crippen LogP contribution < -0.4 is 25.6 Å². The Morgan fingerprint density at radius 2 is 1.67 bits per heavy atom. The van der Waals surface area contributed by atoms with E-state index in [9.17, 15) is 34.2 Å². The summed E-state index contributed by atoms with van der Waals surface area (Å²) >= 11 is 4.39. The van der Waals surface area contributed by atoms with E-state index in [1.54, 1.807) is 11.3 Å². The van der Waals surface area contributed by atoms with Gasteiger partial charge in [-0.05, 0) is 134 Å². The number of aromatic nitrogens is 3. The summed E-state index contributed by atoms with van der Waals surface area (Å²) in [5.41, 5.74) is 8.55.